The number of nitrogens with zero attached hydrogens (tertiary/aromatic N) is 3. The number of rotatable bonds is 2. The van der Waals surface area contributed by atoms with E-state index in [1.54, 1.807) is 6.07 Å². The van der Waals surface area contributed by atoms with Crippen LogP contribution in [0.1, 0.15) is 5.69 Å². The van der Waals surface area contributed by atoms with Crippen LogP contribution in [0.3, 0.4) is 0 Å². The minimum atomic E-state index is 0.399. The summed E-state index contributed by atoms with van der Waals surface area (Å²) in [5, 5.41) is 5.32. The van der Waals surface area contributed by atoms with Crippen molar-refractivity contribution in [2.75, 3.05) is 5.73 Å². The van der Waals surface area contributed by atoms with Crippen LogP contribution >= 0.6 is 23.2 Å². The molecule has 4 nitrogen and oxygen atoms in total. The van der Waals surface area contributed by atoms with E-state index in [0.717, 1.165) is 16.8 Å². The molecule has 0 unspecified atom stereocenters. The van der Waals surface area contributed by atoms with Gasteiger partial charge in [-0.1, -0.05) is 53.5 Å². The highest BCUT2D eigenvalue weighted by molar-refractivity contribution is 6.35. The van der Waals surface area contributed by atoms with Crippen LogP contribution in [0.2, 0.25) is 10.0 Å². The molecule has 106 valence electrons. The number of nitrogens with two attached hydrogens (primary N) is 1. The Labute approximate surface area is 132 Å². The highest BCUT2D eigenvalue weighted by atomic mass is 35.5. The summed E-state index contributed by atoms with van der Waals surface area (Å²) in [7, 11) is 0. The second kappa shape index (κ2) is 5.39. The molecule has 3 aromatic rings. The fourth-order valence-electron chi connectivity index (χ4n) is 2.23. The highest BCUT2D eigenvalue weighted by Gasteiger charge is 2.17. The van der Waals surface area contributed by atoms with Crippen LogP contribution in [0, 0.1) is 6.92 Å². The van der Waals surface area contributed by atoms with Gasteiger partial charge in [-0.15, -0.1) is 0 Å². The monoisotopic (exact) mass is 318 g/mol. The first kappa shape index (κ1) is 13.9. The molecule has 0 radical (unpaired) electrons. The second-order valence-electron chi connectivity index (χ2n) is 4.58. The Morgan fingerprint density at radius 1 is 1.14 bits per heavy atom. The summed E-state index contributed by atoms with van der Waals surface area (Å²) in [6.45, 7) is 1.90. The number of aromatic nitrogens is 3. The van der Waals surface area contributed by atoms with Crippen molar-refractivity contribution < 1.29 is 0 Å². The first-order valence-electron chi connectivity index (χ1n) is 6.30. The maximum atomic E-state index is 6.24. The predicted octanol–water partition coefficient (Wildman–Crippen LogP) is 4.13. The molecule has 2 heterocycles. The smallest absolute Gasteiger partial charge is 0.174 e. The summed E-state index contributed by atoms with van der Waals surface area (Å²) in [6.07, 6.45) is 1.52. The Hall–Kier alpha value is -2.04. The summed E-state index contributed by atoms with van der Waals surface area (Å²) in [4.78, 5) is 4.21. The van der Waals surface area contributed by atoms with Crippen LogP contribution < -0.4 is 5.73 Å². The van der Waals surface area contributed by atoms with E-state index in [4.69, 9.17) is 28.9 Å². The first-order chi connectivity index (χ1) is 10.1. The van der Waals surface area contributed by atoms with Crippen molar-refractivity contribution in [3.8, 4) is 16.9 Å². The number of benzene rings is 1. The zero-order chi connectivity index (χ0) is 15.0. The number of halogens is 2. The van der Waals surface area contributed by atoms with E-state index in [1.165, 1.54) is 10.9 Å². The van der Waals surface area contributed by atoms with Crippen LogP contribution in [0.4, 0.5) is 5.82 Å². The van der Waals surface area contributed by atoms with Crippen molar-refractivity contribution in [2.24, 2.45) is 0 Å². The normalized spacial score (nSPS) is 10.8. The third-order valence-corrected chi connectivity index (χ3v) is 3.63. The molecule has 0 aliphatic heterocycles. The minimum absolute atomic E-state index is 0.399. The molecule has 0 fully saturated rings. The fraction of sp³-hybridized carbons (Fsp3) is 0.0667. The Kier molecular flexibility index (Phi) is 3.57. The van der Waals surface area contributed by atoms with Crippen molar-refractivity contribution in [3.05, 3.63) is 58.3 Å². The number of hydrogen-bond acceptors (Lipinski definition) is 3. The van der Waals surface area contributed by atoms with E-state index in [0.29, 0.717) is 21.7 Å². The number of nitrogen functional groups attached to an aromatic ring is 1. The lowest BCUT2D eigenvalue weighted by Crippen LogP contribution is -2.05. The molecule has 0 aliphatic rings. The molecular weight excluding hydrogens is 307 g/mol. The molecule has 21 heavy (non-hydrogen) atoms. The summed E-state index contributed by atoms with van der Waals surface area (Å²) in [5.74, 6) is 0.958. The molecule has 2 N–H and O–H groups in total. The van der Waals surface area contributed by atoms with Crippen LogP contribution in [0.5, 0.6) is 0 Å². The largest absolute Gasteiger partial charge is 0.383 e. The van der Waals surface area contributed by atoms with Gasteiger partial charge in [-0.25, -0.2) is 4.98 Å². The van der Waals surface area contributed by atoms with E-state index < -0.39 is 0 Å². The molecule has 0 saturated carbocycles. The van der Waals surface area contributed by atoms with Crippen LogP contribution in [0.15, 0.2) is 42.6 Å². The minimum Gasteiger partial charge on any atom is -0.383 e. The van der Waals surface area contributed by atoms with E-state index >= 15 is 0 Å². The average Bonchev–Trinajstić information content (AvgIpc) is 2.75. The lowest BCUT2D eigenvalue weighted by molar-refractivity contribution is 0.842. The molecular formula is C15H12Cl2N4. The van der Waals surface area contributed by atoms with Gasteiger partial charge in [0.15, 0.2) is 5.82 Å². The Morgan fingerprint density at radius 2 is 1.86 bits per heavy atom. The number of anilines is 1. The van der Waals surface area contributed by atoms with Crippen LogP contribution in [-0.2, 0) is 0 Å². The zero-order valence-electron chi connectivity index (χ0n) is 11.2. The van der Waals surface area contributed by atoms with Crippen LogP contribution in [0.25, 0.3) is 16.9 Å². The lowest BCUT2D eigenvalue weighted by atomic mass is 10.1. The second-order valence-corrected chi connectivity index (χ2v) is 5.43. The highest BCUT2D eigenvalue weighted by Crippen LogP contribution is 2.32. The van der Waals surface area contributed by atoms with E-state index in [1.807, 2.05) is 37.3 Å². The quantitative estimate of drug-likeness (QED) is 0.772. The Morgan fingerprint density at radius 3 is 2.52 bits per heavy atom. The summed E-state index contributed by atoms with van der Waals surface area (Å²) >= 11 is 12.0. The number of aryl methyl sites for hydroxylation is 1. The molecule has 0 bridgehead atoms. The van der Waals surface area contributed by atoms with Gasteiger partial charge in [-0.2, -0.15) is 9.78 Å². The van der Waals surface area contributed by atoms with Gasteiger partial charge >= 0.3 is 0 Å². The lowest BCUT2D eigenvalue weighted by Gasteiger charge is -2.06. The number of pyridine rings is 1. The van der Waals surface area contributed by atoms with Gasteiger partial charge in [0, 0.05) is 11.8 Å². The van der Waals surface area contributed by atoms with Crippen molar-refractivity contribution in [1.82, 2.24) is 14.8 Å². The SMILES string of the molecule is Cc1nn(-c2ncc(Cl)cc2Cl)c(N)c1-c1ccccc1. The number of hydrogen-bond donors (Lipinski definition) is 1. The van der Waals surface area contributed by atoms with Crippen molar-refractivity contribution in [3.63, 3.8) is 0 Å². The van der Waals surface area contributed by atoms with E-state index in [2.05, 4.69) is 10.1 Å². The molecule has 0 spiro atoms. The van der Waals surface area contributed by atoms with Gasteiger partial charge in [0.1, 0.15) is 5.82 Å². The maximum Gasteiger partial charge on any atom is 0.174 e. The van der Waals surface area contributed by atoms with E-state index in [-0.39, 0.29) is 0 Å². The topological polar surface area (TPSA) is 56.7 Å². The Balaban J connectivity index is 2.18. The molecule has 1 aromatic carbocycles. The van der Waals surface area contributed by atoms with E-state index in [9.17, 15) is 0 Å². The molecule has 6 heteroatoms. The average molecular weight is 319 g/mol. The molecule has 0 amide bonds. The summed E-state index contributed by atoms with van der Waals surface area (Å²) in [6, 6.07) is 11.5. The molecule has 2 aromatic heterocycles. The van der Waals surface area contributed by atoms with Gasteiger partial charge in [-0.05, 0) is 18.6 Å². The van der Waals surface area contributed by atoms with Gasteiger partial charge < -0.3 is 5.73 Å². The first-order valence-corrected chi connectivity index (χ1v) is 7.05. The third kappa shape index (κ3) is 2.48. The predicted molar refractivity (Wildman–Crippen MR) is 86.0 cm³/mol. The summed E-state index contributed by atoms with van der Waals surface area (Å²) < 4.78 is 1.54. The van der Waals surface area contributed by atoms with Gasteiger partial charge in [-0.3, -0.25) is 0 Å². The molecule has 0 aliphatic carbocycles. The third-order valence-electron chi connectivity index (χ3n) is 3.15. The van der Waals surface area contributed by atoms with Gasteiger partial charge in [0.25, 0.3) is 0 Å². The summed E-state index contributed by atoms with van der Waals surface area (Å²) in [5.41, 5.74) is 8.94. The van der Waals surface area contributed by atoms with Crippen molar-refractivity contribution in [1.29, 1.82) is 0 Å². The van der Waals surface area contributed by atoms with Crippen molar-refractivity contribution >= 4 is 29.0 Å². The Bertz CT molecular complexity index is 797. The molecule has 0 atom stereocenters. The van der Waals surface area contributed by atoms with Gasteiger partial charge in [0.2, 0.25) is 0 Å². The molecule has 0 saturated heterocycles. The zero-order valence-corrected chi connectivity index (χ0v) is 12.7. The fourth-order valence-corrected chi connectivity index (χ4v) is 2.69. The standard InChI is InChI=1S/C15H12Cl2N4/c1-9-13(10-5-3-2-4-6-10)14(18)21(20-9)15-12(17)7-11(16)8-19-15/h2-8H,18H2,1H3. The van der Waals surface area contributed by atoms with Crippen LogP contribution in [-0.4, -0.2) is 14.8 Å². The maximum absolute atomic E-state index is 6.24. The van der Waals surface area contributed by atoms with Gasteiger partial charge in [0.05, 0.1) is 15.7 Å². The molecule has 3 rings (SSSR count). The van der Waals surface area contributed by atoms with Crippen molar-refractivity contribution in [2.45, 2.75) is 6.92 Å².